The monoisotopic (exact) mass is 384 g/mol. The van der Waals surface area contributed by atoms with Crippen molar-refractivity contribution in [3.8, 4) is 0 Å². The van der Waals surface area contributed by atoms with Crippen molar-refractivity contribution in [3.63, 3.8) is 0 Å². The van der Waals surface area contributed by atoms with Gasteiger partial charge in [0.1, 0.15) is 5.82 Å². The van der Waals surface area contributed by atoms with Crippen molar-refractivity contribution in [3.05, 3.63) is 54.3 Å². The van der Waals surface area contributed by atoms with Gasteiger partial charge in [0, 0.05) is 26.2 Å². The van der Waals surface area contributed by atoms with Crippen molar-refractivity contribution in [1.29, 1.82) is 0 Å². The molecular formula is C20H21FN4OS. The van der Waals surface area contributed by atoms with Crippen molar-refractivity contribution in [2.24, 2.45) is 0 Å². The summed E-state index contributed by atoms with van der Waals surface area (Å²) in [5, 5.41) is 3.56. The minimum absolute atomic E-state index is 0.0617. The van der Waals surface area contributed by atoms with Crippen molar-refractivity contribution in [2.45, 2.75) is 13.0 Å². The molecule has 0 aliphatic carbocycles. The molecule has 140 valence electrons. The lowest BCUT2D eigenvalue weighted by molar-refractivity contribution is -0.120. The molecule has 1 amide bonds. The molecule has 1 saturated heterocycles. The lowest BCUT2D eigenvalue weighted by Gasteiger charge is -2.38. The summed E-state index contributed by atoms with van der Waals surface area (Å²) in [7, 11) is 0. The molecule has 2 aromatic carbocycles. The van der Waals surface area contributed by atoms with Crippen molar-refractivity contribution in [1.82, 2.24) is 9.88 Å². The fourth-order valence-electron chi connectivity index (χ4n) is 3.36. The van der Waals surface area contributed by atoms with Crippen LogP contribution < -0.4 is 10.2 Å². The number of halogens is 1. The van der Waals surface area contributed by atoms with Gasteiger partial charge in [-0.2, -0.15) is 0 Å². The Morgan fingerprint density at radius 3 is 2.56 bits per heavy atom. The van der Waals surface area contributed by atoms with E-state index in [0.717, 1.165) is 10.2 Å². The topological polar surface area (TPSA) is 48.5 Å². The first kappa shape index (κ1) is 17.9. The Kier molecular flexibility index (Phi) is 5.05. The second kappa shape index (κ2) is 7.62. The molecule has 1 aromatic heterocycles. The number of nitrogens with one attached hydrogen (secondary N) is 1. The Balaban J connectivity index is 1.36. The highest BCUT2D eigenvalue weighted by Crippen LogP contribution is 2.26. The summed E-state index contributed by atoms with van der Waals surface area (Å²) in [4.78, 5) is 21.3. The normalized spacial score (nSPS) is 16.4. The molecule has 1 aliphatic rings. The average Bonchev–Trinajstić information content (AvgIpc) is 3.10. The maximum absolute atomic E-state index is 14.0. The van der Waals surface area contributed by atoms with Crippen LogP contribution in [0.25, 0.3) is 10.2 Å². The standard InChI is InChI=1S/C20H21FN4OS/c1-14(19(26)23-20-22-16-7-3-5-9-18(16)27-20)24-10-12-25(13-11-24)17-8-4-2-6-15(17)21/h2-9,14H,10-13H2,1H3,(H,22,23,26)/t14-/m1/s1. The third kappa shape index (κ3) is 3.79. The van der Waals surface area contributed by atoms with Crippen LogP contribution in [0, 0.1) is 5.82 Å². The van der Waals surface area contributed by atoms with Crippen LogP contribution in [0.4, 0.5) is 15.2 Å². The van der Waals surface area contributed by atoms with Gasteiger partial charge in [-0.25, -0.2) is 9.37 Å². The molecule has 1 aliphatic heterocycles. The molecular weight excluding hydrogens is 363 g/mol. The van der Waals surface area contributed by atoms with Crippen LogP contribution in [0.1, 0.15) is 6.92 Å². The van der Waals surface area contributed by atoms with Crippen molar-refractivity contribution < 1.29 is 9.18 Å². The molecule has 1 fully saturated rings. The Morgan fingerprint density at radius 1 is 1.11 bits per heavy atom. The molecule has 1 atom stereocenters. The first-order valence-corrected chi connectivity index (χ1v) is 9.83. The van der Waals surface area contributed by atoms with E-state index in [4.69, 9.17) is 0 Å². The van der Waals surface area contributed by atoms with Gasteiger partial charge >= 0.3 is 0 Å². The minimum atomic E-state index is -0.264. The van der Waals surface area contributed by atoms with E-state index in [-0.39, 0.29) is 17.8 Å². The van der Waals surface area contributed by atoms with E-state index in [0.29, 0.717) is 37.0 Å². The number of thiazole rings is 1. The van der Waals surface area contributed by atoms with Crippen molar-refractivity contribution >= 4 is 38.3 Å². The number of hydrogen-bond donors (Lipinski definition) is 1. The Morgan fingerprint density at radius 2 is 1.81 bits per heavy atom. The van der Waals surface area contributed by atoms with E-state index >= 15 is 0 Å². The molecule has 7 heteroatoms. The predicted octanol–water partition coefficient (Wildman–Crippen LogP) is 3.58. The number of carbonyl (C=O) groups is 1. The number of aromatic nitrogens is 1. The Bertz CT molecular complexity index is 919. The Hall–Kier alpha value is -2.51. The van der Waals surface area contributed by atoms with Gasteiger partial charge < -0.3 is 10.2 Å². The van der Waals surface area contributed by atoms with Gasteiger partial charge in [-0.1, -0.05) is 35.6 Å². The highest BCUT2D eigenvalue weighted by Gasteiger charge is 2.27. The number of fused-ring (bicyclic) bond motifs is 1. The van der Waals surface area contributed by atoms with Crippen LogP contribution in [0.15, 0.2) is 48.5 Å². The minimum Gasteiger partial charge on any atom is -0.367 e. The first-order valence-electron chi connectivity index (χ1n) is 9.02. The van der Waals surface area contributed by atoms with Gasteiger partial charge in [-0.15, -0.1) is 0 Å². The van der Waals surface area contributed by atoms with E-state index in [2.05, 4.69) is 15.2 Å². The van der Waals surface area contributed by atoms with E-state index in [1.54, 1.807) is 12.1 Å². The largest absolute Gasteiger partial charge is 0.367 e. The van der Waals surface area contributed by atoms with Gasteiger partial charge in [0.2, 0.25) is 5.91 Å². The van der Waals surface area contributed by atoms with E-state index < -0.39 is 0 Å². The third-order valence-electron chi connectivity index (χ3n) is 4.96. The van der Waals surface area contributed by atoms with Crippen LogP contribution in [0.5, 0.6) is 0 Å². The third-order valence-corrected chi connectivity index (χ3v) is 5.91. The second-order valence-corrected chi connectivity index (χ2v) is 7.66. The highest BCUT2D eigenvalue weighted by atomic mass is 32.1. The number of amides is 1. The summed E-state index contributed by atoms with van der Waals surface area (Å²) < 4.78 is 15.0. The molecule has 0 bridgehead atoms. The summed E-state index contributed by atoms with van der Waals surface area (Å²) in [5.74, 6) is -0.263. The SMILES string of the molecule is C[C@H](C(=O)Nc1nc2ccccc2s1)N1CCN(c2ccccc2F)CC1. The van der Waals surface area contributed by atoms with Crippen LogP contribution in [0.3, 0.4) is 0 Å². The van der Waals surface area contributed by atoms with E-state index in [9.17, 15) is 9.18 Å². The molecule has 1 N–H and O–H groups in total. The average molecular weight is 384 g/mol. The maximum atomic E-state index is 14.0. The van der Waals surface area contributed by atoms with Gasteiger partial charge in [0.05, 0.1) is 21.9 Å². The predicted molar refractivity (Wildman–Crippen MR) is 108 cm³/mol. The molecule has 27 heavy (non-hydrogen) atoms. The number of carbonyl (C=O) groups excluding carboxylic acids is 1. The quantitative estimate of drug-likeness (QED) is 0.747. The van der Waals surface area contributed by atoms with Crippen LogP contribution in [-0.2, 0) is 4.79 Å². The summed E-state index contributed by atoms with van der Waals surface area (Å²) in [6.45, 7) is 4.71. The summed E-state index contributed by atoms with van der Waals surface area (Å²) in [6.07, 6.45) is 0. The fourth-order valence-corrected chi connectivity index (χ4v) is 4.23. The number of para-hydroxylation sites is 2. The summed E-state index contributed by atoms with van der Waals surface area (Å²) in [6, 6.07) is 14.4. The molecule has 3 aromatic rings. The maximum Gasteiger partial charge on any atom is 0.243 e. The lowest BCUT2D eigenvalue weighted by atomic mass is 10.2. The number of rotatable bonds is 4. The molecule has 0 radical (unpaired) electrons. The summed E-state index contributed by atoms with van der Waals surface area (Å²) >= 11 is 1.48. The summed E-state index contributed by atoms with van der Waals surface area (Å²) in [5.41, 5.74) is 1.52. The molecule has 2 heterocycles. The molecule has 4 rings (SSSR count). The second-order valence-electron chi connectivity index (χ2n) is 6.63. The number of hydrogen-bond acceptors (Lipinski definition) is 5. The smallest absolute Gasteiger partial charge is 0.243 e. The number of anilines is 2. The Labute approximate surface area is 161 Å². The van der Waals surface area contributed by atoms with E-state index in [1.165, 1.54) is 17.4 Å². The lowest BCUT2D eigenvalue weighted by Crippen LogP contribution is -2.53. The van der Waals surface area contributed by atoms with Gasteiger partial charge in [0.15, 0.2) is 5.13 Å². The van der Waals surface area contributed by atoms with Crippen LogP contribution in [0.2, 0.25) is 0 Å². The van der Waals surface area contributed by atoms with Gasteiger partial charge in [0.25, 0.3) is 0 Å². The number of piperazine rings is 1. The zero-order chi connectivity index (χ0) is 18.8. The number of nitrogens with zero attached hydrogens (tertiary/aromatic N) is 3. The molecule has 0 unspecified atom stereocenters. The highest BCUT2D eigenvalue weighted by molar-refractivity contribution is 7.22. The number of benzene rings is 2. The van der Waals surface area contributed by atoms with Crippen molar-refractivity contribution in [2.75, 3.05) is 36.4 Å². The zero-order valence-electron chi connectivity index (χ0n) is 15.1. The van der Waals surface area contributed by atoms with Crippen LogP contribution in [-0.4, -0.2) is 48.0 Å². The first-order chi connectivity index (χ1) is 13.1. The fraction of sp³-hybridized carbons (Fsp3) is 0.300. The van der Waals surface area contributed by atoms with Gasteiger partial charge in [-0.05, 0) is 31.2 Å². The van der Waals surface area contributed by atoms with E-state index in [1.807, 2.05) is 42.2 Å². The van der Waals surface area contributed by atoms with Gasteiger partial charge in [-0.3, -0.25) is 9.69 Å². The molecule has 0 spiro atoms. The zero-order valence-corrected chi connectivity index (χ0v) is 15.9. The van der Waals surface area contributed by atoms with Crippen LogP contribution >= 0.6 is 11.3 Å². The molecule has 0 saturated carbocycles. The molecule has 5 nitrogen and oxygen atoms in total.